The SMILES string of the molecule is OCCC1CCCN1CCO. The Morgan fingerprint density at radius 1 is 1.27 bits per heavy atom. The van der Waals surface area contributed by atoms with Crippen molar-refractivity contribution in [2.45, 2.75) is 25.3 Å². The Balaban J connectivity index is 2.25. The van der Waals surface area contributed by atoms with Crippen molar-refractivity contribution in [1.29, 1.82) is 0 Å². The second kappa shape index (κ2) is 4.70. The summed E-state index contributed by atoms with van der Waals surface area (Å²) in [4.78, 5) is 2.26. The summed E-state index contributed by atoms with van der Waals surface area (Å²) in [5, 5.41) is 17.4. The maximum Gasteiger partial charge on any atom is 0.0558 e. The molecule has 2 N–H and O–H groups in total. The van der Waals surface area contributed by atoms with E-state index in [0.717, 1.165) is 19.5 Å². The number of likely N-dealkylation sites (tertiary alicyclic amines) is 1. The van der Waals surface area contributed by atoms with E-state index in [1.54, 1.807) is 0 Å². The average molecular weight is 159 g/mol. The Kier molecular flexibility index (Phi) is 3.83. The van der Waals surface area contributed by atoms with Crippen molar-refractivity contribution in [3.8, 4) is 0 Å². The fourth-order valence-electron chi connectivity index (χ4n) is 1.79. The molecule has 1 heterocycles. The Morgan fingerprint density at radius 2 is 2.09 bits per heavy atom. The first kappa shape index (κ1) is 8.97. The van der Waals surface area contributed by atoms with Crippen LogP contribution in [0.3, 0.4) is 0 Å². The highest BCUT2D eigenvalue weighted by Crippen LogP contribution is 2.18. The summed E-state index contributed by atoms with van der Waals surface area (Å²) >= 11 is 0. The van der Waals surface area contributed by atoms with Gasteiger partial charge in [-0.05, 0) is 25.8 Å². The standard InChI is InChI=1S/C8H17NO2/c10-6-3-8-2-1-4-9(8)5-7-11/h8,10-11H,1-7H2. The van der Waals surface area contributed by atoms with Gasteiger partial charge in [-0.1, -0.05) is 0 Å². The van der Waals surface area contributed by atoms with Crippen molar-refractivity contribution < 1.29 is 10.2 Å². The third-order valence-corrected chi connectivity index (χ3v) is 2.35. The van der Waals surface area contributed by atoms with Gasteiger partial charge in [-0.15, -0.1) is 0 Å². The van der Waals surface area contributed by atoms with Crippen LogP contribution in [0.1, 0.15) is 19.3 Å². The van der Waals surface area contributed by atoms with Crippen molar-refractivity contribution in [3.05, 3.63) is 0 Å². The maximum absolute atomic E-state index is 8.72. The molecule has 3 heteroatoms. The van der Waals surface area contributed by atoms with Crippen LogP contribution in [0.25, 0.3) is 0 Å². The number of rotatable bonds is 4. The van der Waals surface area contributed by atoms with Gasteiger partial charge in [0.25, 0.3) is 0 Å². The van der Waals surface area contributed by atoms with Crippen molar-refractivity contribution in [1.82, 2.24) is 4.90 Å². The van der Waals surface area contributed by atoms with Gasteiger partial charge in [-0.2, -0.15) is 0 Å². The lowest BCUT2D eigenvalue weighted by Gasteiger charge is -2.22. The van der Waals surface area contributed by atoms with Crippen LogP contribution in [0.2, 0.25) is 0 Å². The van der Waals surface area contributed by atoms with Gasteiger partial charge >= 0.3 is 0 Å². The van der Waals surface area contributed by atoms with Crippen molar-refractivity contribution in [3.63, 3.8) is 0 Å². The molecule has 1 aliphatic rings. The zero-order valence-corrected chi connectivity index (χ0v) is 6.87. The maximum atomic E-state index is 8.72. The highest BCUT2D eigenvalue weighted by molar-refractivity contribution is 4.78. The van der Waals surface area contributed by atoms with E-state index in [1.807, 2.05) is 0 Å². The molecule has 11 heavy (non-hydrogen) atoms. The molecular formula is C8H17NO2. The van der Waals surface area contributed by atoms with Crippen molar-refractivity contribution in [2.75, 3.05) is 26.3 Å². The lowest BCUT2D eigenvalue weighted by atomic mass is 10.1. The Labute approximate surface area is 67.6 Å². The van der Waals surface area contributed by atoms with E-state index in [2.05, 4.69) is 4.90 Å². The molecule has 3 nitrogen and oxygen atoms in total. The minimum Gasteiger partial charge on any atom is -0.396 e. The van der Waals surface area contributed by atoms with Crippen molar-refractivity contribution >= 4 is 0 Å². The molecule has 0 aromatic heterocycles. The number of β-amino-alcohol motifs (C(OH)–C–C–N with tert-alkyl or cyclic N) is 1. The van der Waals surface area contributed by atoms with Crippen LogP contribution < -0.4 is 0 Å². The number of nitrogens with zero attached hydrogens (tertiary/aromatic N) is 1. The highest BCUT2D eigenvalue weighted by atomic mass is 16.3. The predicted molar refractivity (Wildman–Crippen MR) is 43.4 cm³/mol. The van der Waals surface area contributed by atoms with Gasteiger partial charge in [0.15, 0.2) is 0 Å². The van der Waals surface area contributed by atoms with Crippen LogP contribution in [0, 0.1) is 0 Å². The Morgan fingerprint density at radius 3 is 2.73 bits per heavy atom. The third kappa shape index (κ3) is 2.43. The molecule has 1 aliphatic heterocycles. The van der Waals surface area contributed by atoms with E-state index in [0.29, 0.717) is 6.04 Å². The number of hydrogen-bond acceptors (Lipinski definition) is 3. The van der Waals surface area contributed by atoms with Gasteiger partial charge in [0.05, 0.1) is 6.61 Å². The number of aliphatic hydroxyl groups excluding tert-OH is 2. The van der Waals surface area contributed by atoms with Crippen molar-refractivity contribution in [2.24, 2.45) is 0 Å². The molecule has 1 atom stereocenters. The minimum atomic E-state index is 0.238. The lowest BCUT2D eigenvalue weighted by Crippen LogP contribution is -2.32. The smallest absolute Gasteiger partial charge is 0.0558 e. The van der Waals surface area contributed by atoms with E-state index < -0.39 is 0 Å². The monoisotopic (exact) mass is 159 g/mol. The second-order valence-corrected chi connectivity index (χ2v) is 3.07. The summed E-state index contributed by atoms with van der Waals surface area (Å²) in [5.74, 6) is 0. The van der Waals surface area contributed by atoms with Gasteiger partial charge in [0.1, 0.15) is 0 Å². The zero-order valence-electron chi connectivity index (χ0n) is 6.87. The minimum absolute atomic E-state index is 0.238. The third-order valence-electron chi connectivity index (χ3n) is 2.35. The molecule has 1 saturated heterocycles. The normalized spacial score (nSPS) is 26.2. The molecule has 0 aliphatic carbocycles. The average Bonchev–Trinajstić information content (AvgIpc) is 2.39. The van der Waals surface area contributed by atoms with Crippen LogP contribution in [0.4, 0.5) is 0 Å². The summed E-state index contributed by atoms with van der Waals surface area (Å²) in [6, 6.07) is 0.521. The molecule has 0 amide bonds. The molecule has 0 saturated carbocycles. The molecule has 66 valence electrons. The van der Waals surface area contributed by atoms with Gasteiger partial charge in [-0.25, -0.2) is 0 Å². The van der Waals surface area contributed by atoms with Gasteiger partial charge in [-0.3, -0.25) is 4.90 Å². The van der Waals surface area contributed by atoms with E-state index in [4.69, 9.17) is 10.2 Å². The predicted octanol–water partition coefficient (Wildman–Crippen LogP) is -0.175. The summed E-state index contributed by atoms with van der Waals surface area (Å²) in [6.07, 6.45) is 3.26. The second-order valence-electron chi connectivity index (χ2n) is 3.07. The molecule has 0 aromatic carbocycles. The lowest BCUT2D eigenvalue weighted by molar-refractivity contribution is 0.160. The molecule has 0 spiro atoms. The molecule has 1 fully saturated rings. The first-order valence-electron chi connectivity index (χ1n) is 4.34. The molecule has 1 unspecified atom stereocenters. The fourth-order valence-corrected chi connectivity index (χ4v) is 1.79. The van der Waals surface area contributed by atoms with E-state index in [-0.39, 0.29) is 13.2 Å². The number of hydrogen-bond donors (Lipinski definition) is 2. The molecule has 0 bridgehead atoms. The zero-order chi connectivity index (χ0) is 8.10. The first-order valence-corrected chi connectivity index (χ1v) is 4.34. The summed E-state index contributed by atoms with van der Waals surface area (Å²) < 4.78 is 0. The van der Waals surface area contributed by atoms with Crippen LogP contribution in [0.5, 0.6) is 0 Å². The Hall–Kier alpha value is -0.120. The molecule has 0 aromatic rings. The first-order chi connectivity index (χ1) is 5.38. The van der Waals surface area contributed by atoms with E-state index in [1.165, 1.54) is 12.8 Å². The van der Waals surface area contributed by atoms with Gasteiger partial charge in [0.2, 0.25) is 0 Å². The molecule has 1 rings (SSSR count). The Bertz CT molecular complexity index is 96.3. The topological polar surface area (TPSA) is 43.7 Å². The van der Waals surface area contributed by atoms with E-state index in [9.17, 15) is 0 Å². The van der Waals surface area contributed by atoms with Gasteiger partial charge in [0, 0.05) is 19.2 Å². The van der Waals surface area contributed by atoms with Crippen LogP contribution in [0.15, 0.2) is 0 Å². The number of aliphatic hydroxyl groups is 2. The largest absolute Gasteiger partial charge is 0.396 e. The van der Waals surface area contributed by atoms with E-state index >= 15 is 0 Å². The molecular weight excluding hydrogens is 142 g/mol. The molecule has 0 radical (unpaired) electrons. The fraction of sp³-hybridized carbons (Fsp3) is 1.00. The summed E-state index contributed by atoms with van der Waals surface area (Å²) in [7, 11) is 0. The highest BCUT2D eigenvalue weighted by Gasteiger charge is 2.22. The quantitative estimate of drug-likeness (QED) is 0.598. The summed E-state index contributed by atoms with van der Waals surface area (Å²) in [5.41, 5.74) is 0. The van der Waals surface area contributed by atoms with Crippen LogP contribution in [-0.2, 0) is 0 Å². The summed E-state index contributed by atoms with van der Waals surface area (Å²) in [6.45, 7) is 2.37. The van der Waals surface area contributed by atoms with Crippen LogP contribution >= 0.6 is 0 Å². The van der Waals surface area contributed by atoms with Gasteiger partial charge < -0.3 is 10.2 Å². The van der Waals surface area contributed by atoms with Crippen LogP contribution in [-0.4, -0.2) is 47.5 Å².